The van der Waals surface area contributed by atoms with Crippen molar-refractivity contribution in [2.24, 2.45) is 12.8 Å². The molecule has 0 aliphatic carbocycles. The summed E-state index contributed by atoms with van der Waals surface area (Å²) in [6, 6.07) is 3.07. The molecule has 0 spiro atoms. The first-order chi connectivity index (χ1) is 8.99. The Morgan fingerprint density at radius 3 is 2.79 bits per heavy atom. The van der Waals surface area contributed by atoms with Crippen molar-refractivity contribution in [3.8, 4) is 0 Å². The van der Waals surface area contributed by atoms with Gasteiger partial charge in [0.05, 0.1) is 0 Å². The number of benzene rings is 1. The molecule has 1 unspecified atom stereocenters. The van der Waals surface area contributed by atoms with Crippen LogP contribution < -0.4 is 11.4 Å². The van der Waals surface area contributed by atoms with Crippen molar-refractivity contribution in [3.05, 3.63) is 45.9 Å². The van der Waals surface area contributed by atoms with Gasteiger partial charge in [0.1, 0.15) is 0 Å². The summed E-state index contributed by atoms with van der Waals surface area (Å²) >= 11 is 1.26. The molecule has 19 heavy (non-hydrogen) atoms. The molecule has 0 fully saturated rings. The van der Waals surface area contributed by atoms with Crippen LogP contribution in [0.2, 0.25) is 0 Å². The summed E-state index contributed by atoms with van der Waals surface area (Å²) in [4.78, 5) is 11.1. The first-order valence-corrected chi connectivity index (χ1v) is 6.42. The standard InChI is InChI=1S/C11H12F2N4OS/c1-17-10(18)15-16-11(17)19-5-9(14)6-2-3-7(12)8(13)4-6/h2-4,9H,5,14H2,1H3,(H,15,18). The first kappa shape index (κ1) is 13.8. The van der Waals surface area contributed by atoms with E-state index in [-0.39, 0.29) is 5.69 Å². The number of nitrogens with two attached hydrogens (primary N) is 1. The zero-order chi connectivity index (χ0) is 14.0. The highest BCUT2D eigenvalue weighted by atomic mass is 32.2. The Kier molecular flexibility index (Phi) is 4.01. The summed E-state index contributed by atoms with van der Waals surface area (Å²) < 4.78 is 27.2. The Labute approximate surface area is 111 Å². The lowest BCUT2D eigenvalue weighted by Crippen LogP contribution is -2.15. The Balaban J connectivity index is 2.05. The summed E-state index contributed by atoms with van der Waals surface area (Å²) in [7, 11) is 1.58. The van der Waals surface area contributed by atoms with Gasteiger partial charge in [-0.25, -0.2) is 18.7 Å². The van der Waals surface area contributed by atoms with E-state index in [0.29, 0.717) is 16.5 Å². The first-order valence-electron chi connectivity index (χ1n) is 5.43. The van der Waals surface area contributed by atoms with E-state index in [4.69, 9.17) is 5.73 Å². The Morgan fingerprint density at radius 2 is 2.21 bits per heavy atom. The third-order valence-corrected chi connectivity index (χ3v) is 3.75. The fourth-order valence-corrected chi connectivity index (χ4v) is 2.37. The highest BCUT2D eigenvalue weighted by molar-refractivity contribution is 7.99. The van der Waals surface area contributed by atoms with Gasteiger partial charge in [-0.3, -0.25) is 4.57 Å². The van der Waals surface area contributed by atoms with Crippen molar-refractivity contribution in [3.63, 3.8) is 0 Å². The summed E-state index contributed by atoms with van der Waals surface area (Å²) in [5.41, 5.74) is 6.06. The van der Waals surface area contributed by atoms with Gasteiger partial charge in [0.15, 0.2) is 16.8 Å². The zero-order valence-corrected chi connectivity index (χ0v) is 10.9. The number of nitrogens with one attached hydrogen (secondary N) is 1. The maximum atomic E-state index is 13.1. The maximum absolute atomic E-state index is 13.1. The lowest BCUT2D eigenvalue weighted by Gasteiger charge is -2.11. The summed E-state index contributed by atoms with van der Waals surface area (Å²) in [6.45, 7) is 0. The third kappa shape index (κ3) is 3.02. The Bertz CT molecular complexity index is 640. The van der Waals surface area contributed by atoms with Gasteiger partial charge >= 0.3 is 5.69 Å². The van der Waals surface area contributed by atoms with E-state index < -0.39 is 17.7 Å². The van der Waals surface area contributed by atoms with Crippen LogP contribution in [0.5, 0.6) is 0 Å². The van der Waals surface area contributed by atoms with E-state index in [1.54, 1.807) is 7.05 Å². The largest absolute Gasteiger partial charge is 0.343 e. The van der Waals surface area contributed by atoms with Crippen LogP contribution in [-0.4, -0.2) is 20.5 Å². The minimum atomic E-state index is -0.926. The lowest BCUT2D eigenvalue weighted by molar-refractivity contribution is 0.506. The van der Waals surface area contributed by atoms with E-state index >= 15 is 0 Å². The number of halogens is 2. The molecule has 0 amide bonds. The monoisotopic (exact) mass is 286 g/mol. The van der Waals surface area contributed by atoms with Crippen molar-refractivity contribution in [1.82, 2.24) is 14.8 Å². The lowest BCUT2D eigenvalue weighted by atomic mass is 10.1. The van der Waals surface area contributed by atoms with Crippen molar-refractivity contribution in [2.75, 3.05) is 5.75 Å². The van der Waals surface area contributed by atoms with Crippen molar-refractivity contribution >= 4 is 11.8 Å². The minimum absolute atomic E-state index is 0.316. The molecule has 5 nitrogen and oxygen atoms in total. The van der Waals surface area contributed by atoms with Gasteiger partial charge in [-0.2, -0.15) is 0 Å². The number of hydrogen-bond donors (Lipinski definition) is 2. The smallest absolute Gasteiger partial charge is 0.323 e. The predicted molar refractivity (Wildman–Crippen MR) is 67.8 cm³/mol. The maximum Gasteiger partial charge on any atom is 0.343 e. The minimum Gasteiger partial charge on any atom is -0.323 e. The molecule has 0 radical (unpaired) electrons. The average Bonchev–Trinajstić information content (AvgIpc) is 2.70. The molecule has 1 aromatic carbocycles. The van der Waals surface area contributed by atoms with E-state index in [0.717, 1.165) is 12.1 Å². The topological polar surface area (TPSA) is 76.7 Å². The van der Waals surface area contributed by atoms with Crippen LogP contribution in [0.25, 0.3) is 0 Å². The molecule has 0 bridgehead atoms. The van der Waals surface area contributed by atoms with Gasteiger partial charge in [-0.15, -0.1) is 5.10 Å². The van der Waals surface area contributed by atoms with Crippen LogP contribution in [0.4, 0.5) is 8.78 Å². The number of nitrogens with zero attached hydrogens (tertiary/aromatic N) is 2. The molecule has 1 atom stereocenters. The quantitative estimate of drug-likeness (QED) is 0.827. The molecule has 1 aromatic heterocycles. The van der Waals surface area contributed by atoms with Crippen molar-refractivity contribution in [2.45, 2.75) is 11.2 Å². The van der Waals surface area contributed by atoms with Crippen LogP contribution in [0.1, 0.15) is 11.6 Å². The van der Waals surface area contributed by atoms with Gasteiger partial charge < -0.3 is 5.73 Å². The van der Waals surface area contributed by atoms with Gasteiger partial charge in [0.2, 0.25) is 0 Å². The van der Waals surface area contributed by atoms with Gasteiger partial charge in [-0.05, 0) is 17.7 Å². The number of aromatic nitrogens is 3. The molecule has 3 N–H and O–H groups in total. The SMILES string of the molecule is Cn1c(SCC(N)c2ccc(F)c(F)c2)n[nH]c1=O. The zero-order valence-electron chi connectivity index (χ0n) is 10.1. The molecular weight excluding hydrogens is 274 g/mol. The Hall–Kier alpha value is -1.67. The van der Waals surface area contributed by atoms with E-state index in [9.17, 15) is 13.6 Å². The van der Waals surface area contributed by atoms with Crippen molar-refractivity contribution in [1.29, 1.82) is 0 Å². The van der Waals surface area contributed by atoms with E-state index in [2.05, 4.69) is 10.2 Å². The molecule has 0 saturated heterocycles. The molecule has 0 aliphatic heterocycles. The fourth-order valence-electron chi connectivity index (χ4n) is 1.47. The molecule has 0 aliphatic rings. The molecule has 102 valence electrons. The highest BCUT2D eigenvalue weighted by Crippen LogP contribution is 2.21. The summed E-state index contributed by atoms with van der Waals surface area (Å²) in [6.07, 6.45) is 0. The summed E-state index contributed by atoms with van der Waals surface area (Å²) in [5, 5.41) is 6.60. The Morgan fingerprint density at radius 1 is 1.47 bits per heavy atom. The molecule has 2 aromatic rings. The fraction of sp³-hybridized carbons (Fsp3) is 0.273. The molecule has 1 heterocycles. The van der Waals surface area contributed by atoms with Gasteiger partial charge in [0.25, 0.3) is 0 Å². The van der Waals surface area contributed by atoms with E-state index in [1.807, 2.05) is 0 Å². The van der Waals surface area contributed by atoms with Gasteiger partial charge in [0, 0.05) is 18.8 Å². The number of H-pyrrole nitrogens is 1. The molecule has 2 rings (SSSR count). The van der Waals surface area contributed by atoms with Crippen LogP contribution in [0, 0.1) is 11.6 Å². The summed E-state index contributed by atoms with van der Waals surface area (Å²) in [5.74, 6) is -1.44. The van der Waals surface area contributed by atoms with Crippen LogP contribution in [-0.2, 0) is 7.05 Å². The second-order valence-corrected chi connectivity index (χ2v) is 4.95. The number of hydrogen-bond acceptors (Lipinski definition) is 4. The molecular formula is C11H12F2N4OS. The normalized spacial score (nSPS) is 12.6. The number of aromatic amines is 1. The molecule has 0 saturated carbocycles. The number of rotatable bonds is 4. The number of thioether (sulfide) groups is 1. The van der Waals surface area contributed by atoms with Crippen LogP contribution in [0.15, 0.2) is 28.2 Å². The molecule has 8 heteroatoms. The van der Waals surface area contributed by atoms with E-state index in [1.165, 1.54) is 22.4 Å². The van der Waals surface area contributed by atoms with Crippen LogP contribution >= 0.6 is 11.8 Å². The second kappa shape index (κ2) is 5.54. The highest BCUT2D eigenvalue weighted by Gasteiger charge is 2.12. The second-order valence-electron chi connectivity index (χ2n) is 3.96. The predicted octanol–water partition coefficient (Wildman–Crippen LogP) is 1.18. The van der Waals surface area contributed by atoms with Crippen LogP contribution in [0.3, 0.4) is 0 Å². The third-order valence-electron chi connectivity index (χ3n) is 2.60. The van der Waals surface area contributed by atoms with Gasteiger partial charge in [-0.1, -0.05) is 17.8 Å². The van der Waals surface area contributed by atoms with Crippen molar-refractivity contribution < 1.29 is 8.78 Å². The average molecular weight is 286 g/mol.